The number of amides is 2. The fraction of sp³-hybridized carbons (Fsp3) is 0.278. The largest absolute Gasteiger partial charge is 0.328 e. The highest BCUT2D eigenvalue weighted by Gasteiger charge is 2.33. The summed E-state index contributed by atoms with van der Waals surface area (Å²) in [6.45, 7) is 0.639. The van der Waals surface area contributed by atoms with E-state index in [0.29, 0.717) is 29.4 Å². The number of carbonyl (C=O) groups is 2. The van der Waals surface area contributed by atoms with E-state index in [1.54, 1.807) is 17.5 Å². The van der Waals surface area contributed by atoms with Crippen LogP contribution in [-0.4, -0.2) is 32.6 Å². The third-order valence-corrected chi connectivity index (χ3v) is 7.23. The summed E-state index contributed by atoms with van der Waals surface area (Å²) in [7, 11) is -3.95. The molecule has 0 spiro atoms. The molecule has 3 heterocycles. The predicted molar refractivity (Wildman–Crippen MR) is 111 cm³/mol. The molecule has 0 aliphatic carbocycles. The molecule has 1 aromatic carbocycles. The van der Waals surface area contributed by atoms with Gasteiger partial charge in [-0.15, -0.1) is 15.7 Å². The van der Waals surface area contributed by atoms with Gasteiger partial charge in [-0.1, -0.05) is 24.1 Å². The summed E-state index contributed by atoms with van der Waals surface area (Å²) < 4.78 is 29.3. The first kappa shape index (κ1) is 19.9. The molecule has 2 N–H and O–H groups in total. The average Bonchev–Trinajstić information content (AvgIpc) is 3.12. The molecule has 2 aromatic rings. The lowest BCUT2D eigenvalue weighted by atomic mass is 10.1. The van der Waals surface area contributed by atoms with Crippen LogP contribution >= 0.6 is 22.9 Å². The highest BCUT2D eigenvalue weighted by molar-refractivity contribution is 7.90. The van der Waals surface area contributed by atoms with Crippen LogP contribution in [0.25, 0.3) is 0 Å². The lowest BCUT2D eigenvalue weighted by Crippen LogP contribution is -2.41. The van der Waals surface area contributed by atoms with Gasteiger partial charge >= 0.3 is 0 Å². The van der Waals surface area contributed by atoms with E-state index in [1.807, 2.05) is 4.90 Å². The van der Waals surface area contributed by atoms with Crippen molar-refractivity contribution in [3.8, 4) is 0 Å². The number of halogens is 1. The molecule has 11 heteroatoms. The topological polar surface area (TPSA) is 108 Å². The van der Waals surface area contributed by atoms with E-state index in [4.69, 9.17) is 11.6 Å². The molecule has 2 aliphatic rings. The summed E-state index contributed by atoms with van der Waals surface area (Å²) in [6.07, 6.45) is 3.35. The number of nitrogens with zero attached hydrogens (tertiary/aromatic N) is 2. The van der Waals surface area contributed by atoms with E-state index in [2.05, 4.69) is 15.2 Å². The standard InChI is InChI=1S/C18H17ClN4O4S2/c19-12-10-13-15(29(26,27)22-16-6-2-1-3-7-23(13)16)9-11(12)17(24)20-21-18(25)14-5-4-8-28-14/h4-5,8-10H,1-3,6-7H2,(H,20,24)(H,21,25). The van der Waals surface area contributed by atoms with Crippen molar-refractivity contribution in [3.05, 3.63) is 45.1 Å². The third-order valence-electron chi connectivity index (χ3n) is 4.72. The van der Waals surface area contributed by atoms with Gasteiger partial charge in [0.05, 0.1) is 21.2 Å². The highest BCUT2D eigenvalue weighted by atomic mass is 35.5. The van der Waals surface area contributed by atoms with Gasteiger partial charge in [0.15, 0.2) is 0 Å². The summed E-state index contributed by atoms with van der Waals surface area (Å²) in [5, 5.41) is 1.83. The predicted octanol–water partition coefficient (Wildman–Crippen LogP) is 2.96. The second-order valence-corrected chi connectivity index (χ2v) is 9.56. The molecule has 29 heavy (non-hydrogen) atoms. The summed E-state index contributed by atoms with van der Waals surface area (Å²) >= 11 is 7.53. The summed E-state index contributed by atoms with van der Waals surface area (Å²) in [5.74, 6) is -0.691. The van der Waals surface area contributed by atoms with Gasteiger partial charge in [0.2, 0.25) is 0 Å². The molecule has 152 valence electrons. The highest BCUT2D eigenvalue weighted by Crippen LogP contribution is 2.37. The van der Waals surface area contributed by atoms with Crippen molar-refractivity contribution in [2.24, 2.45) is 4.40 Å². The maximum Gasteiger partial charge on any atom is 0.286 e. The minimum Gasteiger partial charge on any atom is -0.328 e. The maximum atomic E-state index is 12.7. The van der Waals surface area contributed by atoms with Crippen LogP contribution in [0.15, 0.2) is 38.9 Å². The maximum absolute atomic E-state index is 12.7. The minimum atomic E-state index is -3.95. The molecular formula is C18H17ClN4O4S2. The van der Waals surface area contributed by atoms with E-state index >= 15 is 0 Å². The van der Waals surface area contributed by atoms with Gasteiger partial charge in [0, 0.05) is 13.0 Å². The van der Waals surface area contributed by atoms with E-state index in [1.165, 1.54) is 23.5 Å². The number of thiophene rings is 1. The van der Waals surface area contributed by atoms with Crippen LogP contribution in [0.3, 0.4) is 0 Å². The first-order valence-electron chi connectivity index (χ1n) is 8.96. The number of amidine groups is 1. The molecule has 2 aliphatic heterocycles. The molecule has 1 saturated heterocycles. The number of fused-ring (bicyclic) bond motifs is 3. The van der Waals surface area contributed by atoms with Crippen molar-refractivity contribution in [1.29, 1.82) is 0 Å². The second-order valence-electron chi connectivity index (χ2n) is 6.63. The monoisotopic (exact) mass is 452 g/mol. The average molecular weight is 453 g/mol. The Balaban J connectivity index is 1.63. The van der Waals surface area contributed by atoms with Crippen molar-refractivity contribution >= 4 is 56.3 Å². The molecule has 0 bridgehead atoms. The van der Waals surface area contributed by atoms with Gasteiger partial charge in [0.1, 0.15) is 10.7 Å². The summed E-state index contributed by atoms with van der Waals surface area (Å²) in [5.41, 5.74) is 4.93. The zero-order valence-electron chi connectivity index (χ0n) is 15.1. The molecule has 0 radical (unpaired) electrons. The lowest BCUT2D eigenvalue weighted by Gasteiger charge is -2.30. The van der Waals surface area contributed by atoms with E-state index in [-0.39, 0.29) is 15.5 Å². The summed E-state index contributed by atoms with van der Waals surface area (Å²) in [4.78, 5) is 26.7. The Morgan fingerprint density at radius 1 is 1.14 bits per heavy atom. The Hall–Kier alpha value is -2.43. The third kappa shape index (κ3) is 3.87. The molecule has 0 atom stereocenters. The van der Waals surface area contributed by atoms with Crippen LogP contribution in [-0.2, 0) is 10.0 Å². The Kier molecular flexibility index (Phi) is 5.32. The van der Waals surface area contributed by atoms with E-state index in [0.717, 1.165) is 19.3 Å². The first-order chi connectivity index (χ1) is 13.9. The Labute approximate surface area is 176 Å². The number of sulfonamides is 1. The molecule has 2 amide bonds. The number of hydrogen-bond donors (Lipinski definition) is 2. The van der Waals surface area contributed by atoms with Gasteiger partial charge in [-0.25, -0.2) is 0 Å². The number of benzene rings is 1. The number of carbonyl (C=O) groups excluding carboxylic acids is 2. The quantitative estimate of drug-likeness (QED) is 0.681. The van der Waals surface area contributed by atoms with Crippen LogP contribution < -0.4 is 15.8 Å². The molecule has 1 fully saturated rings. The molecular weight excluding hydrogens is 436 g/mol. The zero-order chi connectivity index (χ0) is 20.6. The minimum absolute atomic E-state index is 0.0612. The van der Waals surface area contributed by atoms with Gasteiger partial charge in [-0.05, 0) is 36.4 Å². The van der Waals surface area contributed by atoms with Crippen molar-refractivity contribution in [2.75, 3.05) is 11.4 Å². The number of nitrogens with one attached hydrogen (secondary N) is 2. The van der Waals surface area contributed by atoms with Gasteiger partial charge in [-0.2, -0.15) is 8.42 Å². The van der Waals surface area contributed by atoms with Crippen LogP contribution in [0.5, 0.6) is 0 Å². The Morgan fingerprint density at radius 2 is 1.93 bits per heavy atom. The number of anilines is 1. The van der Waals surface area contributed by atoms with Crippen molar-refractivity contribution in [1.82, 2.24) is 10.9 Å². The fourth-order valence-electron chi connectivity index (χ4n) is 3.32. The zero-order valence-corrected chi connectivity index (χ0v) is 17.5. The molecule has 1 aromatic heterocycles. The van der Waals surface area contributed by atoms with E-state index < -0.39 is 21.8 Å². The van der Waals surface area contributed by atoms with E-state index in [9.17, 15) is 18.0 Å². The van der Waals surface area contributed by atoms with Crippen LogP contribution in [0, 0.1) is 0 Å². The Morgan fingerprint density at radius 3 is 2.69 bits per heavy atom. The molecule has 0 unspecified atom stereocenters. The number of hydrazine groups is 1. The van der Waals surface area contributed by atoms with Gasteiger partial charge < -0.3 is 4.90 Å². The van der Waals surface area contributed by atoms with Crippen LogP contribution in [0.1, 0.15) is 45.7 Å². The smallest absolute Gasteiger partial charge is 0.286 e. The van der Waals surface area contributed by atoms with Crippen LogP contribution in [0.2, 0.25) is 5.02 Å². The SMILES string of the molecule is O=C(NNC(=O)c1cc2c(cc1Cl)N1CCCCCC1=NS2(=O)=O)c1cccs1. The Bertz CT molecular complexity index is 1110. The van der Waals surface area contributed by atoms with Crippen molar-refractivity contribution in [3.63, 3.8) is 0 Å². The molecule has 8 nitrogen and oxygen atoms in total. The summed E-state index contributed by atoms with van der Waals surface area (Å²) in [6, 6.07) is 6.01. The number of rotatable bonds is 2. The van der Waals surface area contributed by atoms with Crippen molar-refractivity contribution < 1.29 is 18.0 Å². The van der Waals surface area contributed by atoms with Gasteiger partial charge in [-0.3, -0.25) is 20.4 Å². The lowest BCUT2D eigenvalue weighted by molar-refractivity contribution is 0.0849. The molecule has 0 saturated carbocycles. The first-order valence-corrected chi connectivity index (χ1v) is 11.7. The fourth-order valence-corrected chi connectivity index (χ4v) is 5.45. The second kappa shape index (κ2) is 7.77. The number of hydrogen-bond acceptors (Lipinski definition) is 6. The van der Waals surface area contributed by atoms with Crippen LogP contribution in [0.4, 0.5) is 5.69 Å². The van der Waals surface area contributed by atoms with Gasteiger partial charge in [0.25, 0.3) is 21.8 Å². The van der Waals surface area contributed by atoms with Crippen molar-refractivity contribution in [2.45, 2.75) is 30.6 Å². The normalized spacial score (nSPS) is 17.4. The molecule has 4 rings (SSSR count).